The maximum absolute atomic E-state index is 5.81. The Morgan fingerprint density at radius 2 is 2.50 bits per heavy atom. The minimum atomic E-state index is 0.0576. The molecule has 2 heterocycles. The molecule has 0 bridgehead atoms. The molecule has 1 aliphatic rings. The molecule has 102 valence electrons. The van der Waals surface area contributed by atoms with Gasteiger partial charge in [-0.3, -0.25) is 20.9 Å². The number of likely N-dealkylation sites (N-methyl/N-ethyl adjacent to an activating group) is 1. The molecule has 2 rings (SSSR count). The van der Waals surface area contributed by atoms with Crippen LogP contribution in [0.25, 0.3) is 0 Å². The number of morpholine rings is 1. The van der Waals surface area contributed by atoms with Crippen molar-refractivity contribution in [2.75, 3.05) is 26.2 Å². The number of rotatable bonds is 5. The smallest absolute Gasteiger partial charge is 0.138 e. The number of hydrazine groups is 1. The van der Waals surface area contributed by atoms with Crippen LogP contribution in [0.4, 0.5) is 0 Å². The zero-order valence-electron chi connectivity index (χ0n) is 11.0. The van der Waals surface area contributed by atoms with Crippen LogP contribution in [-0.4, -0.2) is 58.1 Å². The van der Waals surface area contributed by atoms with Crippen molar-refractivity contribution in [1.82, 2.24) is 25.1 Å². The van der Waals surface area contributed by atoms with Crippen molar-refractivity contribution in [1.29, 1.82) is 0 Å². The van der Waals surface area contributed by atoms with Crippen LogP contribution in [0.15, 0.2) is 6.33 Å². The van der Waals surface area contributed by atoms with Crippen LogP contribution >= 0.6 is 0 Å². The Hall–Kier alpha value is -1.02. The van der Waals surface area contributed by atoms with Crippen molar-refractivity contribution in [3.05, 3.63) is 12.2 Å². The fraction of sp³-hybridized carbons (Fsp3) is 0.818. The van der Waals surface area contributed by atoms with Crippen molar-refractivity contribution >= 4 is 0 Å². The highest BCUT2D eigenvalue weighted by Gasteiger charge is 2.28. The average molecular weight is 254 g/mol. The summed E-state index contributed by atoms with van der Waals surface area (Å²) in [4.78, 5) is 6.59. The number of ether oxygens (including phenoxy) is 1. The second-order valence-electron chi connectivity index (χ2n) is 4.58. The topological polar surface area (TPSA) is 81.2 Å². The molecule has 3 N–H and O–H groups in total. The quantitative estimate of drug-likeness (QED) is 0.513. The molecule has 1 fully saturated rings. The average Bonchev–Trinajstić information content (AvgIpc) is 2.81. The SMILES string of the molecule is CCN1CCOC(C(Cc2ncnn2C)NN)C1. The Balaban J connectivity index is 1.97. The van der Waals surface area contributed by atoms with E-state index in [4.69, 9.17) is 10.6 Å². The Labute approximate surface area is 107 Å². The van der Waals surface area contributed by atoms with E-state index in [0.29, 0.717) is 0 Å². The summed E-state index contributed by atoms with van der Waals surface area (Å²) in [6.07, 6.45) is 2.37. The molecule has 0 amide bonds. The van der Waals surface area contributed by atoms with Crippen LogP contribution in [0, 0.1) is 0 Å². The lowest BCUT2D eigenvalue weighted by Gasteiger charge is -2.36. The van der Waals surface area contributed by atoms with Crippen LogP contribution < -0.4 is 11.3 Å². The Kier molecular flexibility index (Phi) is 4.65. The number of aromatic nitrogens is 3. The van der Waals surface area contributed by atoms with Crippen molar-refractivity contribution in [3.63, 3.8) is 0 Å². The van der Waals surface area contributed by atoms with Crippen molar-refractivity contribution in [3.8, 4) is 0 Å². The third-order valence-corrected chi connectivity index (χ3v) is 3.50. The molecule has 1 aliphatic heterocycles. The summed E-state index contributed by atoms with van der Waals surface area (Å²) in [5, 5.41) is 4.07. The van der Waals surface area contributed by atoms with Gasteiger partial charge in [0.1, 0.15) is 12.2 Å². The molecule has 0 aromatic carbocycles. The molecule has 0 spiro atoms. The molecule has 7 heteroatoms. The normalized spacial score (nSPS) is 23.2. The van der Waals surface area contributed by atoms with E-state index in [-0.39, 0.29) is 12.1 Å². The fourth-order valence-electron chi connectivity index (χ4n) is 2.26. The molecule has 7 nitrogen and oxygen atoms in total. The minimum Gasteiger partial charge on any atom is -0.374 e. The summed E-state index contributed by atoms with van der Waals surface area (Å²) in [6.45, 7) is 5.87. The first-order chi connectivity index (χ1) is 8.74. The van der Waals surface area contributed by atoms with E-state index >= 15 is 0 Å². The predicted molar refractivity (Wildman–Crippen MR) is 67.7 cm³/mol. The molecule has 0 saturated carbocycles. The van der Waals surface area contributed by atoms with Gasteiger partial charge >= 0.3 is 0 Å². The van der Waals surface area contributed by atoms with Gasteiger partial charge in [-0.2, -0.15) is 5.10 Å². The third-order valence-electron chi connectivity index (χ3n) is 3.50. The van der Waals surface area contributed by atoms with Gasteiger partial charge in [-0.25, -0.2) is 4.98 Å². The molecule has 1 aromatic heterocycles. The van der Waals surface area contributed by atoms with Gasteiger partial charge < -0.3 is 4.74 Å². The summed E-state index contributed by atoms with van der Waals surface area (Å²) in [6, 6.07) is 0.0576. The van der Waals surface area contributed by atoms with Gasteiger partial charge in [-0.1, -0.05) is 6.92 Å². The number of aryl methyl sites for hydroxylation is 1. The molecule has 0 radical (unpaired) electrons. The van der Waals surface area contributed by atoms with Gasteiger partial charge in [0.2, 0.25) is 0 Å². The van der Waals surface area contributed by atoms with E-state index in [1.54, 1.807) is 11.0 Å². The predicted octanol–water partition coefficient (Wildman–Crippen LogP) is -1.09. The largest absolute Gasteiger partial charge is 0.374 e. The molecule has 2 atom stereocenters. The van der Waals surface area contributed by atoms with Crippen molar-refractivity contribution < 1.29 is 4.74 Å². The molecule has 1 saturated heterocycles. The summed E-state index contributed by atoms with van der Waals surface area (Å²) in [5.74, 6) is 6.56. The molecule has 1 aromatic rings. The maximum Gasteiger partial charge on any atom is 0.138 e. The van der Waals surface area contributed by atoms with Crippen LogP contribution in [0.2, 0.25) is 0 Å². The van der Waals surface area contributed by atoms with Gasteiger partial charge in [0, 0.05) is 26.6 Å². The first-order valence-electron chi connectivity index (χ1n) is 6.37. The summed E-state index contributed by atoms with van der Waals surface area (Å²) >= 11 is 0. The Morgan fingerprint density at radius 3 is 3.11 bits per heavy atom. The van der Waals surface area contributed by atoms with Crippen molar-refractivity contribution in [2.24, 2.45) is 12.9 Å². The van der Waals surface area contributed by atoms with E-state index in [1.807, 2.05) is 7.05 Å². The second-order valence-corrected chi connectivity index (χ2v) is 4.58. The third kappa shape index (κ3) is 3.05. The van der Waals surface area contributed by atoms with Gasteiger partial charge in [0.25, 0.3) is 0 Å². The monoisotopic (exact) mass is 254 g/mol. The van der Waals surface area contributed by atoms with Crippen molar-refractivity contribution in [2.45, 2.75) is 25.5 Å². The number of hydrogen-bond donors (Lipinski definition) is 2. The first-order valence-corrected chi connectivity index (χ1v) is 6.37. The van der Waals surface area contributed by atoms with Crippen LogP contribution in [0.3, 0.4) is 0 Å². The van der Waals surface area contributed by atoms with Gasteiger partial charge in [0.05, 0.1) is 18.8 Å². The van der Waals surface area contributed by atoms with E-state index in [0.717, 1.165) is 38.5 Å². The summed E-state index contributed by atoms with van der Waals surface area (Å²) in [5.41, 5.74) is 2.85. The number of nitrogens with two attached hydrogens (primary N) is 1. The lowest BCUT2D eigenvalue weighted by atomic mass is 10.1. The Bertz CT molecular complexity index is 368. The van der Waals surface area contributed by atoms with E-state index in [9.17, 15) is 0 Å². The fourth-order valence-corrected chi connectivity index (χ4v) is 2.26. The van der Waals surface area contributed by atoms with Crippen LogP contribution in [0.5, 0.6) is 0 Å². The lowest BCUT2D eigenvalue weighted by Crippen LogP contribution is -2.54. The standard InChI is InChI=1S/C11H22N6O/c1-3-17-4-5-18-10(7-17)9(15-12)6-11-13-8-14-16(11)2/h8-10,15H,3-7,12H2,1-2H3. The zero-order chi connectivity index (χ0) is 13.0. The highest BCUT2D eigenvalue weighted by atomic mass is 16.5. The Morgan fingerprint density at radius 1 is 1.67 bits per heavy atom. The lowest BCUT2D eigenvalue weighted by molar-refractivity contribution is -0.0451. The maximum atomic E-state index is 5.81. The van der Waals surface area contributed by atoms with Crippen LogP contribution in [-0.2, 0) is 18.2 Å². The number of nitrogens with one attached hydrogen (secondary N) is 1. The highest BCUT2D eigenvalue weighted by molar-refractivity contribution is 4.93. The van der Waals surface area contributed by atoms with E-state index in [2.05, 4.69) is 27.3 Å². The second kappa shape index (κ2) is 6.24. The molecular weight excluding hydrogens is 232 g/mol. The number of hydrogen-bond acceptors (Lipinski definition) is 6. The molecular formula is C11H22N6O. The zero-order valence-corrected chi connectivity index (χ0v) is 11.0. The van der Waals surface area contributed by atoms with E-state index < -0.39 is 0 Å². The van der Waals surface area contributed by atoms with E-state index in [1.165, 1.54) is 0 Å². The van der Waals surface area contributed by atoms with Gasteiger partial charge in [-0.05, 0) is 6.54 Å². The molecule has 2 unspecified atom stereocenters. The minimum absolute atomic E-state index is 0.0576. The highest BCUT2D eigenvalue weighted by Crippen LogP contribution is 2.11. The summed E-state index contributed by atoms with van der Waals surface area (Å²) < 4.78 is 7.58. The molecule has 18 heavy (non-hydrogen) atoms. The van der Waals surface area contributed by atoms with Crippen LogP contribution in [0.1, 0.15) is 12.7 Å². The molecule has 0 aliphatic carbocycles. The van der Waals surface area contributed by atoms with Gasteiger partial charge in [-0.15, -0.1) is 0 Å². The summed E-state index contributed by atoms with van der Waals surface area (Å²) in [7, 11) is 1.88. The van der Waals surface area contributed by atoms with Gasteiger partial charge in [0.15, 0.2) is 0 Å². The number of nitrogens with zero attached hydrogens (tertiary/aromatic N) is 4. The first kappa shape index (κ1) is 13.4.